The van der Waals surface area contributed by atoms with Gasteiger partial charge in [0.1, 0.15) is 10.5 Å². The van der Waals surface area contributed by atoms with Crippen molar-refractivity contribution in [3.05, 3.63) is 66.4 Å². The highest BCUT2D eigenvalue weighted by Crippen LogP contribution is 2.45. The molecule has 0 saturated carbocycles. The van der Waals surface area contributed by atoms with Gasteiger partial charge in [-0.2, -0.15) is 0 Å². The lowest BCUT2D eigenvalue weighted by atomic mass is 10.1. The first kappa shape index (κ1) is 17.3. The first-order valence-corrected chi connectivity index (χ1v) is 9.59. The van der Waals surface area contributed by atoms with Crippen molar-refractivity contribution in [2.45, 2.75) is 24.8 Å². The van der Waals surface area contributed by atoms with E-state index < -0.39 is 0 Å². The van der Waals surface area contributed by atoms with Crippen molar-refractivity contribution in [2.75, 3.05) is 4.90 Å². The molecule has 6 heteroatoms. The molecular formula is C20H19N3OS2. The van der Waals surface area contributed by atoms with Gasteiger partial charge in [-0.25, -0.2) is 5.06 Å². The van der Waals surface area contributed by atoms with Crippen molar-refractivity contribution < 1.29 is 5.21 Å². The Hall–Kier alpha value is -2.15. The molecule has 1 atom stereocenters. The molecule has 0 aliphatic carbocycles. The molecule has 2 aliphatic heterocycles. The molecule has 2 aromatic rings. The number of fused-ring (bicyclic) bond motifs is 1. The topological polar surface area (TPSA) is 39.1 Å². The van der Waals surface area contributed by atoms with E-state index in [0.717, 1.165) is 26.8 Å². The minimum absolute atomic E-state index is 0.284. The summed E-state index contributed by atoms with van der Waals surface area (Å²) < 4.78 is 0.470. The molecule has 26 heavy (non-hydrogen) atoms. The van der Waals surface area contributed by atoms with E-state index in [2.05, 4.69) is 18.8 Å². The van der Waals surface area contributed by atoms with Crippen molar-refractivity contribution >= 4 is 51.5 Å². The van der Waals surface area contributed by atoms with Crippen LogP contribution in [0.3, 0.4) is 0 Å². The molecular weight excluding hydrogens is 362 g/mol. The lowest BCUT2D eigenvalue weighted by Crippen LogP contribution is -2.50. The number of anilines is 1. The Morgan fingerprint density at radius 1 is 1.15 bits per heavy atom. The van der Waals surface area contributed by atoms with Crippen LogP contribution in [0.1, 0.15) is 19.4 Å². The van der Waals surface area contributed by atoms with E-state index in [-0.39, 0.29) is 10.9 Å². The van der Waals surface area contributed by atoms with Crippen molar-refractivity contribution in [1.29, 1.82) is 0 Å². The molecule has 1 saturated heterocycles. The normalized spacial score (nSPS) is 22.1. The number of hydrogen-bond acceptors (Lipinski definition) is 5. The molecule has 2 heterocycles. The molecule has 2 aliphatic rings. The molecule has 0 amide bonds. The highest BCUT2D eigenvalue weighted by atomic mass is 32.2. The molecule has 0 radical (unpaired) electrons. The second-order valence-corrected chi connectivity index (χ2v) is 9.08. The summed E-state index contributed by atoms with van der Waals surface area (Å²) in [5.41, 5.74) is 3.79. The third-order valence-electron chi connectivity index (χ3n) is 4.53. The number of allylic oxidation sites excluding steroid dienone is 1. The smallest absolute Gasteiger partial charge is 0.146 e. The molecule has 4 rings (SSSR count). The number of rotatable bonds is 3. The fraction of sp³-hybridized carbons (Fsp3) is 0.200. The van der Waals surface area contributed by atoms with E-state index in [1.807, 2.05) is 59.5 Å². The number of thiocarbonyl (C=S) groups is 1. The van der Waals surface area contributed by atoms with Crippen LogP contribution >= 0.6 is 24.0 Å². The predicted octanol–water partition coefficient (Wildman–Crippen LogP) is 5.08. The Kier molecular flexibility index (Phi) is 4.34. The van der Waals surface area contributed by atoms with Gasteiger partial charge in [0.05, 0.1) is 10.4 Å². The van der Waals surface area contributed by atoms with Gasteiger partial charge in [-0.1, -0.05) is 60.4 Å². The van der Waals surface area contributed by atoms with E-state index in [9.17, 15) is 5.21 Å². The van der Waals surface area contributed by atoms with Crippen LogP contribution in [0, 0.1) is 0 Å². The Balaban J connectivity index is 1.71. The van der Waals surface area contributed by atoms with Crippen LogP contribution in [0.4, 0.5) is 11.4 Å². The van der Waals surface area contributed by atoms with Crippen molar-refractivity contribution in [3.8, 4) is 0 Å². The van der Waals surface area contributed by atoms with Gasteiger partial charge in [0.2, 0.25) is 0 Å². The summed E-state index contributed by atoms with van der Waals surface area (Å²) in [4.78, 5) is 6.42. The summed E-state index contributed by atoms with van der Waals surface area (Å²) in [6.45, 7) is 4.19. The zero-order chi connectivity index (χ0) is 18.3. The molecule has 132 valence electrons. The van der Waals surface area contributed by atoms with Gasteiger partial charge in [-0.15, -0.1) is 0 Å². The fourth-order valence-electron chi connectivity index (χ4n) is 3.36. The van der Waals surface area contributed by atoms with E-state index in [0.29, 0.717) is 0 Å². The number of hydroxylamine groups is 2. The quantitative estimate of drug-likeness (QED) is 0.593. The number of nitrogens with zero attached hydrogens (tertiary/aromatic N) is 3. The van der Waals surface area contributed by atoms with Gasteiger partial charge in [-0.05, 0) is 32.0 Å². The summed E-state index contributed by atoms with van der Waals surface area (Å²) in [7, 11) is 0. The zero-order valence-corrected chi connectivity index (χ0v) is 16.2. The van der Waals surface area contributed by atoms with Gasteiger partial charge in [0, 0.05) is 29.2 Å². The fourth-order valence-corrected chi connectivity index (χ4v) is 5.29. The summed E-state index contributed by atoms with van der Waals surface area (Å²) in [5, 5.41) is 12.3. The maximum atomic E-state index is 11.0. The first-order valence-electron chi connectivity index (χ1n) is 8.37. The number of aliphatic imine (C=N–C) groups is 1. The maximum absolute atomic E-state index is 11.0. The minimum atomic E-state index is -0.323. The van der Waals surface area contributed by atoms with Crippen LogP contribution in [0.2, 0.25) is 0 Å². The molecule has 1 fully saturated rings. The molecule has 4 nitrogen and oxygen atoms in total. The Labute approximate surface area is 162 Å². The van der Waals surface area contributed by atoms with E-state index in [4.69, 9.17) is 12.2 Å². The lowest BCUT2D eigenvalue weighted by Gasteiger charge is -2.36. The van der Waals surface area contributed by atoms with Gasteiger partial charge in [0.15, 0.2) is 0 Å². The largest absolute Gasteiger partial charge is 0.303 e. The van der Waals surface area contributed by atoms with Crippen molar-refractivity contribution in [1.82, 2.24) is 5.06 Å². The van der Waals surface area contributed by atoms with Crippen LogP contribution in [0.25, 0.3) is 5.57 Å². The SMILES string of the molecule is CC1(C)SC(=S)N(c2ccccc2)C1N(O)C=C1C=Nc2ccccc21. The second-order valence-electron chi connectivity index (χ2n) is 6.79. The summed E-state index contributed by atoms with van der Waals surface area (Å²) in [6.07, 6.45) is 3.21. The highest BCUT2D eigenvalue weighted by Gasteiger charge is 2.48. The van der Waals surface area contributed by atoms with E-state index in [1.54, 1.807) is 24.2 Å². The van der Waals surface area contributed by atoms with Crippen LogP contribution < -0.4 is 4.90 Å². The maximum Gasteiger partial charge on any atom is 0.146 e. The third kappa shape index (κ3) is 2.94. The average Bonchev–Trinajstić information content (AvgIpc) is 3.13. The van der Waals surface area contributed by atoms with Crippen molar-refractivity contribution in [2.24, 2.45) is 4.99 Å². The standard InChI is InChI=1S/C20H19N3OS2/c1-20(2)18(23(19(25)26-20)15-8-4-3-5-9-15)22(24)13-14-12-21-17-11-7-6-10-16(14)17/h3-13,18,24H,1-2H3. The van der Waals surface area contributed by atoms with Crippen LogP contribution in [-0.2, 0) is 0 Å². The monoisotopic (exact) mass is 381 g/mol. The van der Waals surface area contributed by atoms with Gasteiger partial charge in [0.25, 0.3) is 0 Å². The molecule has 0 spiro atoms. The number of thioether (sulfide) groups is 1. The minimum Gasteiger partial charge on any atom is -0.303 e. The summed E-state index contributed by atoms with van der Waals surface area (Å²) >= 11 is 7.22. The Morgan fingerprint density at radius 3 is 2.62 bits per heavy atom. The number of hydrogen-bond donors (Lipinski definition) is 1. The second kappa shape index (κ2) is 6.54. The molecule has 0 bridgehead atoms. The highest BCUT2D eigenvalue weighted by molar-refractivity contribution is 8.24. The van der Waals surface area contributed by atoms with Gasteiger partial charge < -0.3 is 4.90 Å². The van der Waals surface area contributed by atoms with Gasteiger partial charge in [-0.3, -0.25) is 10.2 Å². The predicted molar refractivity (Wildman–Crippen MR) is 113 cm³/mol. The third-order valence-corrected chi connectivity index (χ3v) is 6.08. The number of benzene rings is 2. The molecule has 1 N–H and O–H groups in total. The summed E-state index contributed by atoms with van der Waals surface area (Å²) in [6, 6.07) is 17.9. The van der Waals surface area contributed by atoms with Gasteiger partial charge >= 0.3 is 0 Å². The lowest BCUT2D eigenvalue weighted by molar-refractivity contribution is -0.0816. The molecule has 0 aromatic heterocycles. The summed E-state index contributed by atoms with van der Waals surface area (Å²) in [5.74, 6) is 0. The zero-order valence-electron chi connectivity index (χ0n) is 14.5. The van der Waals surface area contributed by atoms with E-state index >= 15 is 0 Å². The van der Waals surface area contributed by atoms with Crippen LogP contribution in [-0.4, -0.2) is 31.7 Å². The first-order chi connectivity index (χ1) is 12.5. The van der Waals surface area contributed by atoms with E-state index in [1.165, 1.54) is 5.06 Å². The van der Waals surface area contributed by atoms with Crippen LogP contribution in [0.15, 0.2) is 65.8 Å². The molecule has 2 aromatic carbocycles. The average molecular weight is 382 g/mol. The van der Waals surface area contributed by atoms with Crippen LogP contribution in [0.5, 0.6) is 0 Å². The van der Waals surface area contributed by atoms with Crippen molar-refractivity contribution in [3.63, 3.8) is 0 Å². The Morgan fingerprint density at radius 2 is 1.85 bits per heavy atom. The number of para-hydroxylation sites is 2. The Bertz CT molecular complexity index is 908. The molecule has 1 unspecified atom stereocenters.